The maximum atomic E-state index is 4.72. The Morgan fingerprint density at radius 2 is 2.12 bits per heavy atom. The van der Waals surface area contributed by atoms with Gasteiger partial charge in [-0.15, -0.1) is 11.3 Å². The summed E-state index contributed by atoms with van der Waals surface area (Å²) in [6, 6.07) is 10.6. The Morgan fingerprint density at radius 3 is 2.94 bits per heavy atom. The third kappa shape index (κ3) is 2.01. The molecule has 1 aromatic heterocycles. The van der Waals surface area contributed by atoms with Crippen molar-refractivity contribution in [3.05, 3.63) is 51.5 Å². The molecule has 0 bridgehead atoms. The average Bonchev–Trinajstić information content (AvgIpc) is 2.72. The normalized spacial score (nSPS) is 14.8. The van der Waals surface area contributed by atoms with E-state index in [0.29, 0.717) is 0 Å². The van der Waals surface area contributed by atoms with Crippen molar-refractivity contribution in [1.82, 2.24) is 10.3 Å². The number of thiazole rings is 1. The Balaban J connectivity index is 1.83. The molecule has 82 valence electrons. The molecule has 0 aliphatic carbocycles. The van der Waals surface area contributed by atoms with Gasteiger partial charge in [0.1, 0.15) is 0 Å². The van der Waals surface area contributed by atoms with Crippen molar-refractivity contribution in [2.75, 3.05) is 6.54 Å². The molecule has 1 N–H and O–H groups in total. The molecule has 0 atom stereocenters. The molecule has 0 spiro atoms. The first kappa shape index (κ1) is 10.00. The molecule has 3 heteroatoms. The van der Waals surface area contributed by atoms with Crippen molar-refractivity contribution in [1.29, 1.82) is 0 Å². The van der Waals surface area contributed by atoms with Crippen LogP contribution in [0.2, 0.25) is 0 Å². The fourth-order valence-electron chi connectivity index (χ4n) is 2.03. The standard InChI is InChI=1S/C13H14N2S/c1-2-4-10(5-3-1)8-13-15-11-6-7-14-9-12(11)16-13/h1-5,14H,6-9H2. The molecule has 0 saturated heterocycles. The maximum Gasteiger partial charge on any atom is 0.0975 e. The van der Waals surface area contributed by atoms with Crippen LogP contribution < -0.4 is 5.32 Å². The molecular formula is C13H14N2S. The summed E-state index contributed by atoms with van der Waals surface area (Å²) < 4.78 is 0. The van der Waals surface area contributed by atoms with Gasteiger partial charge < -0.3 is 5.32 Å². The minimum atomic E-state index is 0.971. The highest BCUT2D eigenvalue weighted by atomic mass is 32.1. The van der Waals surface area contributed by atoms with Gasteiger partial charge in [0.25, 0.3) is 0 Å². The molecule has 1 aliphatic heterocycles. The van der Waals surface area contributed by atoms with E-state index in [4.69, 9.17) is 4.98 Å². The SMILES string of the molecule is c1ccc(Cc2nc3c(s2)CNCC3)cc1. The van der Waals surface area contributed by atoms with E-state index in [1.165, 1.54) is 21.1 Å². The highest BCUT2D eigenvalue weighted by molar-refractivity contribution is 7.11. The predicted molar refractivity (Wildman–Crippen MR) is 66.8 cm³/mol. The van der Waals surface area contributed by atoms with Crippen molar-refractivity contribution in [2.24, 2.45) is 0 Å². The van der Waals surface area contributed by atoms with Gasteiger partial charge >= 0.3 is 0 Å². The average molecular weight is 230 g/mol. The van der Waals surface area contributed by atoms with E-state index in [1.807, 2.05) is 11.3 Å². The van der Waals surface area contributed by atoms with Crippen LogP contribution in [0, 0.1) is 0 Å². The molecule has 2 nitrogen and oxygen atoms in total. The zero-order chi connectivity index (χ0) is 10.8. The Hall–Kier alpha value is -1.19. The second-order valence-electron chi connectivity index (χ2n) is 4.07. The van der Waals surface area contributed by atoms with Crippen LogP contribution >= 0.6 is 11.3 Å². The van der Waals surface area contributed by atoms with Crippen molar-refractivity contribution in [3.8, 4) is 0 Å². The van der Waals surface area contributed by atoms with Gasteiger partial charge in [-0.1, -0.05) is 30.3 Å². The lowest BCUT2D eigenvalue weighted by molar-refractivity contribution is 0.643. The lowest BCUT2D eigenvalue weighted by Crippen LogP contribution is -2.22. The van der Waals surface area contributed by atoms with E-state index < -0.39 is 0 Å². The van der Waals surface area contributed by atoms with Crippen molar-refractivity contribution >= 4 is 11.3 Å². The molecule has 0 radical (unpaired) electrons. The monoisotopic (exact) mass is 230 g/mol. The van der Waals surface area contributed by atoms with Gasteiger partial charge in [-0.05, 0) is 5.56 Å². The summed E-state index contributed by atoms with van der Waals surface area (Å²) in [4.78, 5) is 6.15. The molecule has 0 fully saturated rings. The molecular weight excluding hydrogens is 216 g/mol. The molecule has 0 amide bonds. The summed E-state index contributed by atoms with van der Waals surface area (Å²) in [5.74, 6) is 0. The van der Waals surface area contributed by atoms with Gasteiger partial charge in [0.2, 0.25) is 0 Å². The van der Waals surface area contributed by atoms with Crippen LogP contribution in [-0.4, -0.2) is 11.5 Å². The predicted octanol–water partition coefficient (Wildman–Crippen LogP) is 2.38. The number of nitrogens with one attached hydrogen (secondary N) is 1. The number of hydrogen-bond acceptors (Lipinski definition) is 3. The largest absolute Gasteiger partial charge is 0.311 e. The number of benzene rings is 1. The Kier molecular flexibility index (Phi) is 2.72. The Morgan fingerprint density at radius 1 is 1.25 bits per heavy atom. The van der Waals surface area contributed by atoms with Gasteiger partial charge in [-0.2, -0.15) is 0 Å². The van der Waals surface area contributed by atoms with E-state index in [1.54, 1.807) is 0 Å². The van der Waals surface area contributed by atoms with E-state index in [-0.39, 0.29) is 0 Å². The minimum absolute atomic E-state index is 0.971. The Bertz CT molecular complexity index is 452. The first-order valence-electron chi connectivity index (χ1n) is 5.64. The zero-order valence-electron chi connectivity index (χ0n) is 9.07. The van der Waals surface area contributed by atoms with Gasteiger partial charge in [0.05, 0.1) is 10.7 Å². The lowest BCUT2D eigenvalue weighted by Gasteiger charge is -2.09. The first-order chi connectivity index (χ1) is 7.92. The second-order valence-corrected chi connectivity index (χ2v) is 5.23. The number of rotatable bonds is 2. The third-order valence-electron chi connectivity index (χ3n) is 2.84. The van der Waals surface area contributed by atoms with E-state index >= 15 is 0 Å². The number of aromatic nitrogens is 1. The summed E-state index contributed by atoms with van der Waals surface area (Å²) in [7, 11) is 0. The highest BCUT2D eigenvalue weighted by Crippen LogP contribution is 2.23. The van der Waals surface area contributed by atoms with Crippen LogP contribution in [0.25, 0.3) is 0 Å². The summed E-state index contributed by atoms with van der Waals surface area (Å²) in [5.41, 5.74) is 2.66. The number of hydrogen-bond donors (Lipinski definition) is 1. The maximum absolute atomic E-state index is 4.72. The molecule has 2 heterocycles. The van der Waals surface area contributed by atoms with Crippen LogP contribution in [-0.2, 0) is 19.4 Å². The van der Waals surface area contributed by atoms with E-state index in [9.17, 15) is 0 Å². The zero-order valence-corrected chi connectivity index (χ0v) is 9.89. The summed E-state index contributed by atoms with van der Waals surface area (Å²) >= 11 is 1.86. The minimum Gasteiger partial charge on any atom is -0.311 e. The topological polar surface area (TPSA) is 24.9 Å². The van der Waals surface area contributed by atoms with Crippen molar-refractivity contribution in [3.63, 3.8) is 0 Å². The molecule has 16 heavy (non-hydrogen) atoms. The fraction of sp³-hybridized carbons (Fsp3) is 0.308. The summed E-state index contributed by atoms with van der Waals surface area (Å²) in [6.45, 7) is 2.07. The number of nitrogens with zero attached hydrogens (tertiary/aromatic N) is 1. The number of fused-ring (bicyclic) bond motifs is 1. The lowest BCUT2D eigenvalue weighted by atomic mass is 10.1. The van der Waals surface area contributed by atoms with Crippen molar-refractivity contribution in [2.45, 2.75) is 19.4 Å². The summed E-state index contributed by atoms with van der Waals surface area (Å²) in [6.07, 6.45) is 2.05. The van der Waals surface area contributed by atoms with E-state index in [2.05, 4.69) is 35.6 Å². The molecule has 1 aliphatic rings. The smallest absolute Gasteiger partial charge is 0.0975 e. The van der Waals surface area contributed by atoms with Crippen LogP contribution in [0.3, 0.4) is 0 Å². The van der Waals surface area contributed by atoms with Gasteiger partial charge in [0.15, 0.2) is 0 Å². The van der Waals surface area contributed by atoms with Crippen LogP contribution in [0.1, 0.15) is 21.1 Å². The molecule has 1 aromatic carbocycles. The molecule has 0 saturated carbocycles. The quantitative estimate of drug-likeness (QED) is 0.857. The Labute approximate surface area is 99.4 Å². The third-order valence-corrected chi connectivity index (χ3v) is 3.94. The van der Waals surface area contributed by atoms with Crippen LogP contribution in [0.5, 0.6) is 0 Å². The van der Waals surface area contributed by atoms with Crippen LogP contribution in [0.4, 0.5) is 0 Å². The molecule has 3 rings (SSSR count). The van der Waals surface area contributed by atoms with Gasteiger partial charge in [0, 0.05) is 30.8 Å². The highest BCUT2D eigenvalue weighted by Gasteiger charge is 2.14. The van der Waals surface area contributed by atoms with Crippen LogP contribution in [0.15, 0.2) is 30.3 Å². The second kappa shape index (κ2) is 4.36. The summed E-state index contributed by atoms with van der Waals surface area (Å²) in [5, 5.41) is 4.64. The van der Waals surface area contributed by atoms with Gasteiger partial charge in [-0.25, -0.2) is 4.98 Å². The first-order valence-corrected chi connectivity index (χ1v) is 6.45. The molecule has 2 aromatic rings. The van der Waals surface area contributed by atoms with Crippen molar-refractivity contribution < 1.29 is 0 Å². The fourth-order valence-corrected chi connectivity index (χ4v) is 3.14. The molecule has 0 unspecified atom stereocenters. The van der Waals surface area contributed by atoms with Gasteiger partial charge in [-0.3, -0.25) is 0 Å². The van der Waals surface area contributed by atoms with E-state index in [0.717, 1.165) is 25.9 Å².